The third kappa shape index (κ3) is 3.67. The number of fused-ring (bicyclic) bond motifs is 2. The summed E-state index contributed by atoms with van der Waals surface area (Å²) in [6.45, 7) is 6.43. The van der Waals surface area contributed by atoms with Crippen LogP contribution in [0.3, 0.4) is 0 Å². The van der Waals surface area contributed by atoms with Gasteiger partial charge in [-0.15, -0.1) is 0 Å². The Morgan fingerprint density at radius 3 is 2.69 bits per heavy atom. The van der Waals surface area contributed by atoms with Gasteiger partial charge in [0.15, 0.2) is 5.16 Å². The number of hydrogen-bond acceptors (Lipinski definition) is 4. The molecule has 1 amide bonds. The average Bonchev–Trinajstić information content (AvgIpc) is 3.11. The van der Waals surface area contributed by atoms with Crippen molar-refractivity contribution in [2.75, 3.05) is 11.4 Å². The summed E-state index contributed by atoms with van der Waals surface area (Å²) in [6.07, 6.45) is 0.864. The van der Waals surface area contributed by atoms with Crippen LogP contribution in [0, 0.1) is 0 Å². The normalized spacial score (nSPS) is 14.4. The molecule has 0 fully saturated rings. The summed E-state index contributed by atoms with van der Waals surface area (Å²) in [5.74, 6) is 0.0238. The molecule has 1 unspecified atom stereocenters. The van der Waals surface area contributed by atoms with E-state index in [9.17, 15) is 9.59 Å². The number of hydrogen-bond donors (Lipinski definition) is 0. The Balaban J connectivity index is 1.69. The van der Waals surface area contributed by atoms with Crippen LogP contribution >= 0.6 is 23.4 Å². The molecule has 1 atom stereocenters. The third-order valence-corrected chi connectivity index (χ3v) is 6.42. The highest BCUT2D eigenvalue weighted by Crippen LogP contribution is 2.32. The number of carbonyl (C=O) groups is 1. The number of rotatable bonds is 4. The molecule has 1 aromatic heterocycles. The number of anilines is 1. The first-order chi connectivity index (χ1) is 13.9. The SMILES string of the molecule is CC(Sc1nc2cc(Cl)ccc2c(=O)n1C(C)C)C(=O)N1CCc2ccccc21. The topological polar surface area (TPSA) is 55.2 Å². The standard InChI is InChI=1S/C22H22ClN3O2S/c1-13(2)26-21(28)17-9-8-16(23)12-18(17)24-22(26)29-14(3)20(27)25-11-10-15-6-4-5-7-19(15)25/h4-9,12-14H,10-11H2,1-3H3. The van der Waals surface area contributed by atoms with Crippen molar-refractivity contribution in [2.45, 2.75) is 43.6 Å². The molecule has 1 aliphatic rings. The Morgan fingerprint density at radius 2 is 1.93 bits per heavy atom. The van der Waals surface area contributed by atoms with E-state index < -0.39 is 0 Å². The molecular formula is C22H22ClN3O2S. The number of carbonyl (C=O) groups excluding carboxylic acids is 1. The van der Waals surface area contributed by atoms with E-state index in [-0.39, 0.29) is 22.8 Å². The number of benzene rings is 2. The number of nitrogens with zero attached hydrogens (tertiary/aromatic N) is 3. The molecule has 0 saturated carbocycles. The van der Waals surface area contributed by atoms with E-state index in [0.29, 0.717) is 27.6 Å². The lowest BCUT2D eigenvalue weighted by atomic mass is 10.2. The maximum absolute atomic E-state index is 13.2. The molecule has 0 aliphatic carbocycles. The molecule has 7 heteroatoms. The van der Waals surface area contributed by atoms with Crippen LogP contribution in [-0.4, -0.2) is 27.3 Å². The number of amides is 1. The van der Waals surface area contributed by atoms with Crippen molar-refractivity contribution in [3.05, 3.63) is 63.4 Å². The van der Waals surface area contributed by atoms with Crippen LogP contribution in [0.15, 0.2) is 52.4 Å². The first-order valence-corrected chi connectivity index (χ1v) is 10.9. The minimum Gasteiger partial charge on any atom is -0.311 e. The quantitative estimate of drug-likeness (QED) is 0.447. The summed E-state index contributed by atoms with van der Waals surface area (Å²) in [5.41, 5.74) is 2.60. The van der Waals surface area contributed by atoms with Crippen LogP contribution in [0.1, 0.15) is 32.4 Å². The first kappa shape index (κ1) is 20.0. The van der Waals surface area contributed by atoms with Gasteiger partial charge in [0.25, 0.3) is 5.56 Å². The van der Waals surface area contributed by atoms with Crippen LogP contribution in [-0.2, 0) is 11.2 Å². The zero-order valence-corrected chi connectivity index (χ0v) is 18.1. The van der Waals surface area contributed by atoms with E-state index in [0.717, 1.165) is 12.1 Å². The summed E-state index contributed by atoms with van der Waals surface area (Å²) in [5, 5.41) is 1.21. The van der Waals surface area contributed by atoms with Crippen molar-refractivity contribution in [3.8, 4) is 0 Å². The molecule has 2 aromatic carbocycles. The highest BCUT2D eigenvalue weighted by molar-refractivity contribution is 8.00. The van der Waals surface area contributed by atoms with E-state index in [1.807, 2.05) is 43.9 Å². The van der Waals surface area contributed by atoms with Gasteiger partial charge in [0, 0.05) is 23.3 Å². The van der Waals surface area contributed by atoms with Gasteiger partial charge < -0.3 is 4.90 Å². The second kappa shape index (κ2) is 7.84. The van der Waals surface area contributed by atoms with Gasteiger partial charge in [0.05, 0.1) is 16.2 Å². The Labute approximate surface area is 178 Å². The summed E-state index contributed by atoms with van der Waals surface area (Å²) >= 11 is 7.42. The van der Waals surface area contributed by atoms with Crippen LogP contribution in [0.2, 0.25) is 5.02 Å². The maximum atomic E-state index is 13.2. The van der Waals surface area contributed by atoms with Gasteiger partial charge in [-0.1, -0.05) is 41.6 Å². The number of para-hydroxylation sites is 1. The third-order valence-electron chi connectivity index (χ3n) is 5.13. The van der Waals surface area contributed by atoms with Crippen LogP contribution in [0.5, 0.6) is 0 Å². The Bertz CT molecular complexity index is 1160. The van der Waals surface area contributed by atoms with Gasteiger partial charge in [-0.25, -0.2) is 4.98 Å². The highest BCUT2D eigenvalue weighted by Gasteiger charge is 2.29. The molecule has 1 aliphatic heterocycles. The van der Waals surface area contributed by atoms with E-state index in [4.69, 9.17) is 11.6 Å². The summed E-state index contributed by atoms with van der Waals surface area (Å²) in [7, 11) is 0. The van der Waals surface area contributed by atoms with Gasteiger partial charge in [0.1, 0.15) is 0 Å². The van der Waals surface area contributed by atoms with Crippen molar-refractivity contribution in [1.82, 2.24) is 9.55 Å². The number of halogens is 1. The fourth-order valence-electron chi connectivity index (χ4n) is 3.69. The summed E-state index contributed by atoms with van der Waals surface area (Å²) in [6, 6.07) is 13.0. The molecule has 5 nitrogen and oxygen atoms in total. The van der Waals surface area contributed by atoms with Crippen molar-refractivity contribution in [2.24, 2.45) is 0 Å². The second-order valence-electron chi connectivity index (χ2n) is 7.45. The maximum Gasteiger partial charge on any atom is 0.262 e. The molecule has 2 heterocycles. The molecular weight excluding hydrogens is 406 g/mol. The lowest BCUT2D eigenvalue weighted by Crippen LogP contribution is -2.36. The van der Waals surface area contributed by atoms with Crippen molar-refractivity contribution >= 4 is 45.9 Å². The predicted molar refractivity (Wildman–Crippen MR) is 119 cm³/mol. The van der Waals surface area contributed by atoms with Crippen LogP contribution in [0.25, 0.3) is 10.9 Å². The number of thioether (sulfide) groups is 1. The molecule has 0 spiro atoms. The average molecular weight is 428 g/mol. The van der Waals surface area contributed by atoms with E-state index in [1.165, 1.54) is 17.3 Å². The Hall–Kier alpha value is -2.31. The van der Waals surface area contributed by atoms with Crippen molar-refractivity contribution < 1.29 is 4.79 Å². The van der Waals surface area contributed by atoms with Gasteiger partial charge in [-0.2, -0.15) is 0 Å². The summed E-state index contributed by atoms with van der Waals surface area (Å²) in [4.78, 5) is 32.7. The minimum atomic E-state index is -0.380. The van der Waals surface area contributed by atoms with Crippen LogP contribution < -0.4 is 10.5 Å². The molecule has 0 N–H and O–H groups in total. The second-order valence-corrected chi connectivity index (χ2v) is 9.20. The largest absolute Gasteiger partial charge is 0.311 e. The predicted octanol–water partition coefficient (Wildman–Crippen LogP) is 4.70. The molecule has 0 bridgehead atoms. The molecule has 150 valence electrons. The fraction of sp³-hybridized carbons (Fsp3) is 0.318. The molecule has 4 rings (SSSR count). The molecule has 3 aromatic rings. The zero-order chi connectivity index (χ0) is 20.7. The van der Waals surface area contributed by atoms with Gasteiger partial charge in [-0.05, 0) is 57.0 Å². The van der Waals surface area contributed by atoms with Gasteiger partial charge in [0.2, 0.25) is 5.91 Å². The van der Waals surface area contributed by atoms with E-state index in [2.05, 4.69) is 11.1 Å². The zero-order valence-electron chi connectivity index (χ0n) is 16.6. The Kier molecular flexibility index (Phi) is 5.40. The molecule has 29 heavy (non-hydrogen) atoms. The van der Waals surface area contributed by atoms with E-state index >= 15 is 0 Å². The van der Waals surface area contributed by atoms with Crippen molar-refractivity contribution in [1.29, 1.82) is 0 Å². The van der Waals surface area contributed by atoms with Gasteiger partial charge >= 0.3 is 0 Å². The monoisotopic (exact) mass is 427 g/mol. The Morgan fingerprint density at radius 1 is 1.17 bits per heavy atom. The van der Waals surface area contributed by atoms with Crippen molar-refractivity contribution in [3.63, 3.8) is 0 Å². The first-order valence-electron chi connectivity index (χ1n) is 9.64. The minimum absolute atomic E-state index is 0.0238. The highest BCUT2D eigenvalue weighted by atomic mass is 35.5. The lowest BCUT2D eigenvalue weighted by molar-refractivity contribution is -0.117. The smallest absolute Gasteiger partial charge is 0.262 e. The van der Waals surface area contributed by atoms with E-state index in [1.54, 1.807) is 22.8 Å². The summed E-state index contributed by atoms with van der Waals surface area (Å²) < 4.78 is 1.66. The molecule has 0 radical (unpaired) electrons. The lowest BCUT2D eigenvalue weighted by Gasteiger charge is -2.23. The number of aromatic nitrogens is 2. The van der Waals surface area contributed by atoms with Crippen LogP contribution in [0.4, 0.5) is 5.69 Å². The van der Waals surface area contributed by atoms with Gasteiger partial charge in [-0.3, -0.25) is 14.2 Å². The fourth-order valence-corrected chi connectivity index (χ4v) is 4.95. The molecule has 0 saturated heterocycles.